The number of halogens is 2. The highest BCUT2D eigenvalue weighted by atomic mass is 19.1. The van der Waals surface area contributed by atoms with E-state index in [2.05, 4.69) is 16.9 Å². The Bertz CT molecular complexity index is 1090. The number of aromatic nitrogens is 2. The molecule has 1 aliphatic rings. The average Bonchev–Trinajstić information content (AvgIpc) is 2.82. The highest BCUT2D eigenvalue weighted by Crippen LogP contribution is 2.42. The van der Waals surface area contributed by atoms with Crippen LogP contribution in [0.25, 0.3) is 10.9 Å². The number of ether oxygens (including phenoxy) is 1. The molecule has 0 aliphatic heterocycles. The Balaban J connectivity index is 1.43. The average molecular weight is 439 g/mol. The Labute approximate surface area is 187 Å². The molecule has 0 bridgehead atoms. The molecule has 0 N–H and O–H groups in total. The van der Waals surface area contributed by atoms with Crippen LogP contribution < -0.4 is 4.74 Å². The molecular formula is C26H28F2N2O2. The van der Waals surface area contributed by atoms with Crippen LogP contribution in [-0.2, 0) is 0 Å². The lowest BCUT2D eigenvalue weighted by Crippen LogP contribution is -2.23. The summed E-state index contributed by atoms with van der Waals surface area (Å²) in [5, 5.41) is 0.572. The number of carbonyl (C=O) groups excluding carboxylic acids is 1. The number of hydrogen-bond acceptors (Lipinski definition) is 4. The zero-order chi connectivity index (χ0) is 22.7. The van der Waals surface area contributed by atoms with Gasteiger partial charge in [-0.15, -0.1) is 0 Å². The maximum atomic E-state index is 14.2. The number of fused-ring (bicyclic) bond motifs is 1. The first-order chi connectivity index (χ1) is 15.5. The fourth-order valence-corrected chi connectivity index (χ4v) is 5.12. The molecule has 0 unspecified atom stereocenters. The van der Waals surface area contributed by atoms with Crippen molar-refractivity contribution in [3.05, 3.63) is 65.5 Å². The topological polar surface area (TPSA) is 52.1 Å². The summed E-state index contributed by atoms with van der Waals surface area (Å²) in [6.45, 7) is 2.14. The molecule has 4 nitrogen and oxygen atoms in total. The molecule has 1 saturated carbocycles. The number of carbonyl (C=O) groups is 1. The van der Waals surface area contributed by atoms with Gasteiger partial charge in [-0.25, -0.2) is 13.8 Å². The lowest BCUT2D eigenvalue weighted by molar-refractivity contribution is 0.0925. The third-order valence-corrected chi connectivity index (χ3v) is 6.91. The van der Waals surface area contributed by atoms with Gasteiger partial charge < -0.3 is 4.74 Å². The first-order valence-electron chi connectivity index (χ1n) is 11.3. The van der Waals surface area contributed by atoms with E-state index < -0.39 is 11.6 Å². The van der Waals surface area contributed by atoms with E-state index in [9.17, 15) is 13.6 Å². The minimum absolute atomic E-state index is 0.111. The van der Waals surface area contributed by atoms with Crippen LogP contribution in [-0.4, -0.2) is 22.9 Å². The van der Waals surface area contributed by atoms with Crippen molar-refractivity contribution in [2.24, 2.45) is 11.8 Å². The van der Waals surface area contributed by atoms with Crippen LogP contribution in [0, 0.1) is 23.5 Å². The van der Waals surface area contributed by atoms with Gasteiger partial charge in [0.25, 0.3) is 0 Å². The predicted molar refractivity (Wildman–Crippen MR) is 120 cm³/mol. The van der Waals surface area contributed by atoms with E-state index in [0.717, 1.165) is 43.7 Å². The summed E-state index contributed by atoms with van der Waals surface area (Å²) in [6.07, 6.45) is 8.53. The summed E-state index contributed by atoms with van der Waals surface area (Å²) >= 11 is 0. The Hall–Kier alpha value is -2.89. The highest BCUT2D eigenvalue weighted by Gasteiger charge is 2.30. The minimum Gasteiger partial charge on any atom is -0.481 e. The van der Waals surface area contributed by atoms with Gasteiger partial charge in [0.2, 0.25) is 5.88 Å². The van der Waals surface area contributed by atoms with Crippen LogP contribution >= 0.6 is 0 Å². The second-order valence-electron chi connectivity index (χ2n) is 8.68. The molecule has 168 valence electrons. The van der Waals surface area contributed by atoms with Crippen molar-refractivity contribution in [3.63, 3.8) is 0 Å². The standard InChI is InChI=1S/C26H28F2N2O2/c1-3-16(12-24(31)19-8-9-25(32-2)30-15-19)17-4-6-18(7-5-17)21-10-11-29-26-22(21)13-20(27)14-23(26)28/h8-11,13-18H,3-7,12H2,1-2H3/t16-,17?,18?/m1/s1. The third-order valence-electron chi connectivity index (χ3n) is 6.91. The number of nitrogens with zero attached hydrogens (tertiary/aromatic N) is 2. The first kappa shape index (κ1) is 22.3. The van der Waals surface area contributed by atoms with Gasteiger partial charge in [0.15, 0.2) is 11.6 Å². The first-order valence-corrected chi connectivity index (χ1v) is 11.3. The van der Waals surface area contributed by atoms with E-state index in [-0.39, 0.29) is 17.2 Å². The fourth-order valence-electron chi connectivity index (χ4n) is 5.12. The van der Waals surface area contributed by atoms with Crippen LogP contribution in [0.5, 0.6) is 5.88 Å². The van der Waals surface area contributed by atoms with Crippen LogP contribution in [0.15, 0.2) is 42.7 Å². The smallest absolute Gasteiger partial charge is 0.212 e. The summed E-state index contributed by atoms with van der Waals surface area (Å²) < 4.78 is 33.1. The summed E-state index contributed by atoms with van der Waals surface area (Å²) in [7, 11) is 1.55. The van der Waals surface area contributed by atoms with Crippen molar-refractivity contribution in [3.8, 4) is 5.88 Å². The van der Waals surface area contributed by atoms with Gasteiger partial charge in [-0.2, -0.15) is 0 Å². The van der Waals surface area contributed by atoms with Crippen molar-refractivity contribution >= 4 is 16.7 Å². The highest BCUT2D eigenvalue weighted by molar-refractivity contribution is 5.96. The van der Waals surface area contributed by atoms with Gasteiger partial charge >= 0.3 is 0 Å². The summed E-state index contributed by atoms with van der Waals surface area (Å²) in [5.41, 5.74) is 1.82. The van der Waals surface area contributed by atoms with Gasteiger partial charge in [0, 0.05) is 41.9 Å². The summed E-state index contributed by atoms with van der Waals surface area (Å²) in [4.78, 5) is 21.1. The quantitative estimate of drug-likeness (QED) is 0.396. The monoisotopic (exact) mass is 438 g/mol. The zero-order valence-electron chi connectivity index (χ0n) is 18.5. The van der Waals surface area contributed by atoms with Gasteiger partial charge in [-0.1, -0.05) is 13.3 Å². The second kappa shape index (κ2) is 9.72. The van der Waals surface area contributed by atoms with Gasteiger partial charge in [0.1, 0.15) is 11.3 Å². The molecule has 32 heavy (non-hydrogen) atoms. The SMILES string of the molecule is CC[C@H](CC(=O)c1ccc(OC)nc1)C1CCC(c2ccnc3c(F)cc(F)cc23)CC1. The van der Waals surface area contributed by atoms with E-state index in [1.807, 2.05) is 6.07 Å². The van der Waals surface area contributed by atoms with Crippen molar-refractivity contribution in [2.45, 2.75) is 51.4 Å². The molecule has 2 aromatic heterocycles. The molecule has 1 fully saturated rings. The minimum atomic E-state index is -0.617. The fraction of sp³-hybridized carbons (Fsp3) is 0.423. The Kier molecular flexibility index (Phi) is 6.77. The number of benzene rings is 1. The van der Waals surface area contributed by atoms with Crippen LogP contribution in [0.1, 0.15) is 67.3 Å². The summed E-state index contributed by atoms with van der Waals surface area (Å²) in [6, 6.07) is 7.65. The lowest BCUT2D eigenvalue weighted by Gasteiger charge is -2.34. The summed E-state index contributed by atoms with van der Waals surface area (Å²) in [5.74, 6) is 0.443. The Morgan fingerprint density at radius 2 is 1.91 bits per heavy atom. The van der Waals surface area contributed by atoms with Gasteiger partial charge in [-0.05, 0) is 67.2 Å². The van der Waals surface area contributed by atoms with Gasteiger partial charge in [-0.3, -0.25) is 9.78 Å². The van der Waals surface area contributed by atoms with Crippen molar-refractivity contribution in [1.82, 2.24) is 9.97 Å². The maximum absolute atomic E-state index is 14.2. The van der Waals surface area contributed by atoms with E-state index in [4.69, 9.17) is 4.74 Å². The number of hydrogen-bond donors (Lipinski definition) is 0. The van der Waals surface area contributed by atoms with E-state index in [1.165, 1.54) is 6.07 Å². The molecule has 1 atom stereocenters. The molecule has 0 radical (unpaired) electrons. The molecule has 0 saturated heterocycles. The molecule has 4 rings (SSSR count). The lowest BCUT2D eigenvalue weighted by atomic mass is 9.71. The zero-order valence-corrected chi connectivity index (χ0v) is 18.5. The molecule has 1 aliphatic carbocycles. The molecule has 2 heterocycles. The molecule has 1 aromatic carbocycles. The second-order valence-corrected chi connectivity index (χ2v) is 8.68. The van der Waals surface area contributed by atoms with E-state index >= 15 is 0 Å². The number of ketones is 1. The number of rotatable bonds is 7. The number of methoxy groups -OCH3 is 1. The maximum Gasteiger partial charge on any atom is 0.212 e. The van der Waals surface area contributed by atoms with E-state index in [0.29, 0.717) is 35.1 Å². The van der Waals surface area contributed by atoms with Crippen LogP contribution in [0.2, 0.25) is 0 Å². The number of Topliss-reactive ketones (excluding diaryl/α,β-unsaturated/α-hetero) is 1. The van der Waals surface area contributed by atoms with Crippen molar-refractivity contribution in [1.29, 1.82) is 0 Å². The molecule has 0 spiro atoms. The predicted octanol–water partition coefficient (Wildman–Crippen LogP) is 6.49. The largest absolute Gasteiger partial charge is 0.481 e. The molecular weight excluding hydrogens is 410 g/mol. The number of pyridine rings is 2. The molecule has 6 heteroatoms. The van der Waals surface area contributed by atoms with Crippen molar-refractivity contribution < 1.29 is 18.3 Å². The normalized spacial score (nSPS) is 19.6. The van der Waals surface area contributed by atoms with Gasteiger partial charge in [0.05, 0.1) is 7.11 Å². The van der Waals surface area contributed by atoms with Crippen LogP contribution in [0.3, 0.4) is 0 Å². The van der Waals surface area contributed by atoms with Crippen molar-refractivity contribution in [2.75, 3.05) is 7.11 Å². The Morgan fingerprint density at radius 1 is 1.12 bits per heavy atom. The van der Waals surface area contributed by atoms with E-state index in [1.54, 1.807) is 31.6 Å². The Morgan fingerprint density at radius 3 is 2.56 bits per heavy atom. The molecule has 3 aromatic rings. The molecule has 0 amide bonds. The van der Waals surface area contributed by atoms with Crippen LogP contribution in [0.4, 0.5) is 8.78 Å². The third kappa shape index (κ3) is 4.64.